The van der Waals surface area contributed by atoms with Crippen LogP contribution in [0.4, 0.5) is 0 Å². The van der Waals surface area contributed by atoms with Gasteiger partial charge in [0.25, 0.3) is 11.8 Å². The molecule has 2 amide bonds. The minimum Gasteiger partial charge on any atom is -0.493 e. The number of aryl methyl sites for hydroxylation is 1. The number of hydrazone groups is 1. The molecule has 3 rings (SSSR count). The second-order valence-electron chi connectivity index (χ2n) is 7.02. The van der Waals surface area contributed by atoms with Crippen LogP contribution in [0.15, 0.2) is 82.0 Å². The highest BCUT2D eigenvalue weighted by atomic mass is 16.5. The summed E-state index contributed by atoms with van der Waals surface area (Å²) in [5.41, 5.74) is 3.45. The Morgan fingerprint density at radius 1 is 0.971 bits per heavy atom. The minimum atomic E-state index is -0.599. The van der Waals surface area contributed by atoms with Crippen molar-refractivity contribution in [3.63, 3.8) is 0 Å². The van der Waals surface area contributed by atoms with Gasteiger partial charge in [0.15, 0.2) is 11.5 Å². The standard InChI is InChI=1S/C26H25N3O5/c1-18-11-13-21(34-18)10-7-15-27-29-26(31)22(28-25(30)20-8-5-4-6-9-20)16-19-12-14-23(32-2)24(17-19)33-3/h4-17H,1-3H3,(H,28,30)(H,29,31). The second-order valence-corrected chi connectivity index (χ2v) is 7.02. The summed E-state index contributed by atoms with van der Waals surface area (Å²) in [4.78, 5) is 25.5. The third-order valence-electron chi connectivity index (χ3n) is 4.60. The van der Waals surface area contributed by atoms with E-state index in [1.807, 2.05) is 19.1 Å². The van der Waals surface area contributed by atoms with E-state index < -0.39 is 11.8 Å². The van der Waals surface area contributed by atoms with Crippen molar-refractivity contribution in [1.82, 2.24) is 10.7 Å². The number of nitrogens with zero attached hydrogens (tertiary/aromatic N) is 1. The van der Waals surface area contributed by atoms with Crippen LogP contribution in [0.3, 0.4) is 0 Å². The lowest BCUT2D eigenvalue weighted by molar-refractivity contribution is -0.117. The third kappa shape index (κ3) is 6.70. The van der Waals surface area contributed by atoms with E-state index in [0.717, 1.165) is 5.76 Å². The van der Waals surface area contributed by atoms with Gasteiger partial charge < -0.3 is 19.2 Å². The topological polar surface area (TPSA) is 102 Å². The molecule has 1 heterocycles. The van der Waals surface area contributed by atoms with Gasteiger partial charge in [0.05, 0.1) is 14.2 Å². The van der Waals surface area contributed by atoms with Crippen molar-refractivity contribution in [2.45, 2.75) is 6.92 Å². The number of amides is 2. The van der Waals surface area contributed by atoms with E-state index in [9.17, 15) is 9.59 Å². The monoisotopic (exact) mass is 459 g/mol. The Hall–Kier alpha value is -4.59. The van der Waals surface area contributed by atoms with Crippen molar-refractivity contribution >= 4 is 30.2 Å². The van der Waals surface area contributed by atoms with Gasteiger partial charge in [-0.05, 0) is 67.1 Å². The van der Waals surface area contributed by atoms with Crippen molar-refractivity contribution in [2.75, 3.05) is 14.2 Å². The van der Waals surface area contributed by atoms with E-state index in [2.05, 4.69) is 15.8 Å². The predicted molar refractivity (Wildman–Crippen MR) is 131 cm³/mol. The molecule has 0 atom stereocenters. The molecule has 0 saturated carbocycles. The molecule has 2 aromatic carbocycles. The first-order valence-electron chi connectivity index (χ1n) is 10.4. The number of methoxy groups -OCH3 is 2. The first-order valence-corrected chi connectivity index (χ1v) is 10.4. The number of ether oxygens (including phenoxy) is 2. The molecule has 34 heavy (non-hydrogen) atoms. The molecule has 8 nitrogen and oxygen atoms in total. The molecule has 8 heteroatoms. The van der Waals surface area contributed by atoms with Crippen LogP contribution in [0.25, 0.3) is 12.2 Å². The van der Waals surface area contributed by atoms with Gasteiger partial charge in [0.1, 0.15) is 17.2 Å². The molecule has 3 aromatic rings. The number of hydrogen-bond donors (Lipinski definition) is 2. The number of benzene rings is 2. The Bertz CT molecular complexity index is 1230. The quantitative estimate of drug-likeness (QED) is 0.284. The van der Waals surface area contributed by atoms with Gasteiger partial charge >= 0.3 is 0 Å². The van der Waals surface area contributed by atoms with E-state index in [4.69, 9.17) is 13.9 Å². The van der Waals surface area contributed by atoms with Crippen LogP contribution in [-0.4, -0.2) is 32.2 Å². The number of rotatable bonds is 9. The molecule has 0 aliphatic heterocycles. The highest BCUT2D eigenvalue weighted by molar-refractivity contribution is 6.05. The van der Waals surface area contributed by atoms with Gasteiger partial charge in [-0.15, -0.1) is 0 Å². The fraction of sp³-hybridized carbons (Fsp3) is 0.115. The van der Waals surface area contributed by atoms with E-state index in [0.29, 0.717) is 28.4 Å². The van der Waals surface area contributed by atoms with E-state index in [1.165, 1.54) is 26.5 Å². The summed E-state index contributed by atoms with van der Waals surface area (Å²) < 4.78 is 16.0. The van der Waals surface area contributed by atoms with Crippen molar-refractivity contribution in [3.05, 3.63) is 95.1 Å². The predicted octanol–water partition coefficient (Wildman–Crippen LogP) is 4.19. The molecule has 0 fully saturated rings. The lowest BCUT2D eigenvalue weighted by atomic mass is 10.1. The zero-order valence-corrected chi connectivity index (χ0v) is 19.1. The zero-order chi connectivity index (χ0) is 24.3. The van der Waals surface area contributed by atoms with Crippen LogP contribution in [0.5, 0.6) is 11.5 Å². The zero-order valence-electron chi connectivity index (χ0n) is 19.1. The Kier molecular flexibility index (Phi) is 8.40. The van der Waals surface area contributed by atoms with Crippen LogP contribution < -0.4 is 20.2 Å². The third-order valence-corrected chi connectivity index (χ3v) is 4.60. The Labute approximate surface area is 197 Å². The smallest absolute Gasteiger partial charge is 0.287 e. The maximum absolute atomic E-state index is 12.8. The van der Waals surface area contributed by atoms with Crippen LogP contribution in [-0.2, 0) is 4.79 Å². The summed E-state index contributed by atoms with van der Waals surface area (Å²) >= 11 is 0. The van der Waals surface area contributed by atoms with Gasteiger partial charge in [-0.1, -0.05) is 24.3 Å². The number of hydrogen-bond acceptors (Lipinski definition) is 6. The van der Waals surface area contributed by atoms with Crippen LogP contribution in [0.2, 0.25) is 0 Å². The molecular weight excluding hydrogens is 434 g/mol. The molecule has 0 saturated heterocycles. The largest absolute Gasteiger partial charge is 0.493 e. The number of nitrogens with one attached hydrogen (secondary N) is 2. The number of carbonyl (C=O) groups is 2. The maximum Gasteiger partial charge on any atom is 0.287 e. The van der Waals surface area contributed by atoms with Crippen molar-refractivity contribution in [3.8, 4) is 11.5 Å². The molecule has 0 unspecified atom stereocenters. The van der Waals surface area contributed by atoms with Crippen LogP contribution in [0, 0.1) is 6.92 Å². The minimum absolute atomic E-state index is 0.00358. The lowest BCUT2D eigenvalue weighted by Crippen LogP contribution is -2.32. The fourth-order valence-electron chi connectivity index (χ4n) is 2.93. The summed E-state index contributed by atoms with van der Waals surface area (Å²) in [6.07, 6.45) is 6.26. The van der Waals surface area contributed by atoms with Crippen molar-refractivity contribution in [2.24, 2.45) is 5.10 Å². The first kappa shape index (κ1) is 24.1. The molecule has 0 radical (unpaired) electrons. The van der Waals surface area contributed by atoms with E-state index in [-0.39, 0.29) is 5.70 Å². The second kappa shape index (κ2) is 11.9. The molecular formula is C26H25N3O5. The molecule has 174 valence electrons. The average molecular weight is 460 g/mol. The van der Waals surface area contributed by atoms with Crippen molar-refractivity contribution < 1.29 is 23.5 Å². The van der Waals surface area contributed by atoms with Gasteiger partial charge in [-0.3, -0.25) is 9.59 Å². The molecule has 0 aliphatic rings. The summed E-state index contributed by atoms with van der Waals surface area (Å²) in [5.74, 6) is 1.46. The molecule has 0 aliphatic carbocycles. The van der Waals surface area contributed by atoms with Gasteiger partial charge in [-0.25, -0.2) is 5.43 Å². The molecule has 2 N–H and O–H groups in total. The summed E-state index contributed by atoms with van der Waals surface area (Å²) in [5, 5.41) is 6.56. The summed E-state index contributed by atoms with van der Waals surface area (Å²) in [6.45, 7) is 1.85. The SMILES string of the molecule is COc1ccc(C=C(NC(=O)c2ccccc2)C(=O)NN=CC=Cc2ccc(C)o2)cc1OC. The first-order chi connectivity index (χ1) is 16.5. The number of furan rings is 1. The molecule has 0 spiro atoms. The fourth-order valence-corrected chi connectivity index (χ4v) is 2.93. The van der Waals surface area contributed by atoms with Gasteiger partial charge in [0, 0.05) is 11.8 Å². The number of carbonyl (C=O) groups excluding carboxylic acids is 2. The van der Waals surface area contributed by atoms with Crippen molar-refractivity contribution in [1.29, 1.82) is 0 Å². The average Bonchev–Trinajstić information content (AvgIpc) is 3.28. The highest BCUT2D eigenvalue weighted by Gasteiger charge is 2.15. The Morgan fingerprint density at radius 3 is 2.41 bits per heavy atom. The number of allylic oxidation sites excluding steroid dienone is 1. The Morgan fingerprint density at radius 2 is 1.74 bits per heavy atom. The lowest BCUT2D eigenvalue weighted by Gasteiger charge is -2.11. The molecule has 0 bridgehead atoms. The maximum atomic E-state index is 12.8. The Balaban J connectivity index is 1.79. The van der Waals surface area contributed by atoms with Crippen LogP contribution in [0.1, 0.15) is 27.4 Å². The van der Waals surface area contributed by atoms with Crippen LogP contribution >= 0.6 is 0 Å². The van der Waals surface area contributed by atoms with E-state index in [1.54, 1.807) is 60.7 Å². The highest BCUT2D eigenvalue weighted by Crippen LogP contribution is 2.28. The summed E-state index contributed by atoms with van der Waals surface area (Å²) in [7, 11) is 3.05. The normalized spacial score (nSPS) is 11.6. The van der Waals surface area contributed by atoms with Gasteiger partial charge in [0.2, 0.25) is 0 Å². The molecule has 1 aromatic heterocycles. The van der Waals surface area contributed by atoms with E-state index >= 15 is 0 Å². The summed E-state index contributed by atoms with van der Waals surface area (Å²) in [6, 6.07) is 17.4. The van der Waals surface area contributed by atoms with Gasteiger partial charge in [-0.2, -0.15) is 5.10 Å².